The number of amides is 1. The summed E-state index contributed by atoms with van der Waals surface area (Å²) < 4.78 is 0. The fourth-order valence-electron chi connectivity index (χ4n) is 2.59. The average molecular weight is 269 g/mol. The van der Waals surface area contributed by atoms with Crippen LogP contribution in [0.1, 0.15) is 29.8 Å². The first-order valence-electron chi connectivity index (χ1n) is 7.02. The maximum absolute atomic E-state index is 12.0. The predicted molar refractivity (Wildman–Crippen MR) is 79.3 cm³/mol. The summed E-state index contributed by atoms with van der Waals surface area (Å²) in [5.41, 5.74) is 4.45. The number of aromatic nitrogens is 2. The minimum atomic E-state index is 0.100. The average Bonchev–Trinajstić information content (AvgIpc) is 3.09. The van der Waals surface area contributed by atoms with Gasteiger partial charge in [-0.3, -0.25) is 4.79 Å². The normalized spacial score (nSPS) is 15.1. The summed E-state index contributed by atoms with van der Waals surface area (Å²) in [5.74, 6) is 1.03. The Labute approximate surface area is 118 Å². The molecule has 3 rings (SSSR count). The number of hydrogen-bond donors (Lipinski definition) is 2. The second-order valence-electron chi connectivity index (χ2n) is 5.44. The smallest absolute Gasteiger partial charge is 0.224 e. The summed E-state index contributed by atoms with van der Waals surface area (Å²) in [5, 5.41) is 2.96. The summed E-state index contributed by atoms with van der Waals surface area (Å²) >= 11 is 0. The molecule has 0 aliphatic heterocycles. The topological polar surface area (TPSA) is 57.8 Å². The van der Waals surface area contributed by atoms with Crippen LogP contribution in [0.5, 0.6) is 0 Å². The summed E-state index contributed by atoms with van der Waals surface area (Å²) in [6, 6.07) is 4.12. The first-order chi connectivity index (χ1) is 9.65. The molecule has 1 amide bonds. The van der Waals surface area contributed by atoms with E-state index in [0.717, 1.165) is 29.7 Å². The van der Waals surface area contributed by atoms with Crippen molar-refractivity contribution in [3.8, 4) is 0 Å². The molecule has 104 valence electrons. The van der Waals surface area contributed by atoms with Gasteiger partial charge in [-0.25, -0.2) is 4.98 Å². The van der Waals surface area contributed by atoms with Crippen LogP contribution in [-0.2, 0) is 11.3 Å². The molecule has 0 spiro atoms. The van der Waals surface area contributed by atoms with Crippen LogP contribution in [0.3, 0.4) is 0 Å². The number of aryl methyl sites for hydroxylation is 2. The number of rotatable bonds is 3. The largest absolute Gasteiger partial charge is 0.349 e. The highest BCUT2D eigenvalue weighted by molar-refractivity contribution is 5.81. The van der Waals surface area contributed by atoms with Crippen molar-refractivity contribution < 1.29 is 4.79 Å². The molecule has 1 aliphatic rings. The lowest BCUT2D eigenvalue weighted by molar-refractivity contribution is -0.124. The number of aromatic amines is 1. The Kier molecular flexibility index (Phi) is 3.30. The van der Waals surface area contributed by atoms with Gasteiger partial charge in [0.1, 0.15) is 5.82 Å². The number of allylic oxidation sites excluding steroid dienone is 2. The second-order valence-corrected chi connectivity index (χ2v) is 5.44. The Balaban J connectivity index is 1.71. The third kappa shape index (κ3) is 2.33. The molecular formula is C16H19N3O. The van der Waals surface area contributed by atoms with E-state index < -0.39 is 0 Å². The molecule has 0 radical (unpaired) electrons. The Hall–Kier alpha value is -2.10. The SMILES string of the molecule is Cc1ccc2[nH]c(CNC(=O)C3CC=CC3)nc2c1C. The lowest BCUT2D eigenvalue weighted by Gasteiger charge is -2.08. The van der Waals surface area contributed by atoms with Crippen molar-refractivity contribution >= 4 is 16.9 Å². The number of H-pyrrole nitrogens is 1. The molecule has 0 saturated carbocycles. The van der Waals surface area contributed by atoms with Crippen molar-refractivity contribution in [1.82, 2.24) is 15.3 Å². The zero-order valence-corrected chi connectivity index (χ0v) is 11.9. The highest BCUT2D eigenvalue weighted by Crippen LogP contribution is 2.20. The molecule has 4 heteroatoms. The van der Waals surface area contributed by atoms with E-state index in [-0.39, 0.29) is 11.8 Å². The molecule has 1 aromatic carbocycles. The third-order valence-corrected chi connectivity index (χ3v) is 4.04. The van der Waals surface area contributed by atoms with Crippen molar-refractivity contribution in [2.75, 3.05) is 0 Å². The van der Waals surface area contributed by atoms with Crippen LogP contribution in [0.2, 0.25) is 0 Å². The lowest BCUT2D eigenvalue weighted by atomic mass is 10.1. The van der Waals surface area contributed by atoms with Crippen molar-refractivity contribution in [3.05, 3.63) is 41.2 Å². The van der Waals surface area contributed by atoms with Crippen molar-refractivity contribution in [1.29, 1.82) is 0 Å². The predicted octanol–water partition coefficient (Wildman–Crippen LogP) is 2.76. The molecule has 0 unspecified atom stereocenters. The molecule has 2 aromatic rings. The molecule has 4 nitrogen and oxygen atoms in total. The number of carbonyl (C=O) groups is 1. The van der Waals surface area contributed by atoms with Gasteiger partial charge < -0.3 is 10.3 Å². The molecule has 1 heterocycles. The number of carbonyl (C=O) groups excluding carboxylic acids is 1. The number of nitrogens with zero attached hydrogens (tertiary/aromatic N) is 1. The Morgan fingerprint density at radius 2 is 2.10 bits per heavy atom. The van der Waals surface area contributed by atoms with Crippen LogP contribution in [0.25, 0.3) is 11.0 Å². The number of benzene rings is 1. The molecule has 2 N–H and O–H groups in total. The summed E-state index contributed by atoms with van der Waals surface area (Å²) in [6.07, 6.45) is 5.84. The summed E-state index contributed by atoms with van der Waals surface area (Å²) in [4.78, 5) is 19.8. The Bertz CT molecular complexity index is 676. The van der Waals surface area contributed by atoms with Crippen molar-refractivity contribution in [3.63, 3.8) is 0 Å². The van der Waals surface area contributed by atoms with Gasteiger partial charge in [-0.15, -0.1) is 0 Å². The van der Waals surface area contributed by atoms with Gasteiger partial charge in [0.15, 0.2) is 0 Å². The van der Waals surface area contributed by atoms with E-state index in [2.05, 4.69) is 47.4 Å². The zero-order chi connectivity index (χ0) is 14.1. The highest BCUT2D eigenvalue weighted by atomic mass is 16.1. The van der Waals surface area contributed by atoms with E-state index in [4.69, 9.17) is 0 Å². The van der Waals surface area contributed by atoms with Crippen LogP contribution in [0, 0.1) is 19.8 Å². The van der Waals surface area contributed by atoms with E-state index in [9.17, 15) is 4.79 Å². The van der Waals surface area contributed by atoms with Crippen LogP contribution < -0.4 is 5.32 Å². The third-order valence-electron chi connectivity index (χ3n) is 4.04. The molecule has 0 fully saturated rings. The van der Waals surface area contributed by atoms with Gasteiger partial charge >= 0.3 is 0 Å². The summed E-state index contributed by atoms with van der Waals surface area (Å²) in [7, 11) is 0. The van der Waals surface area contributed by atoms with Crippen molar-refractivity contribution in [2.24, 2.45) is 5.92 Å². The van der Waals surface area contributed by atoms with Gasteiger partial charge in [-0.05, 0) is 43.9 Å². The molecule has 1 aliphatic carbocycles. The number of fused-ring (bicyclic) bond motifs is 1. The minimum Gasteiger partial charge on any atom is -0.349 e. The van der Waals surface area contributed by atoms with Crippen LogP contribution in [0.15, 0.2) is 24.3 Å². The maximum atomic E-state index is 12.0. The second kappa shape index (κ2) is 5.12. The maximum Gasteiger partial charge on any atom is 0.224 e. The molecule has 0 bridgehead atoms. The van der Waals surface area contributed by atoms with Gasteiger partial charge in [-0.1, -0.05) is 18.2 Å². The van der Waals surface area contributed by atoms with Gasteiger partial charge in [-0.2, -0.15) is 0 Å². The van der Waals surface area contributed by atoms with E-state index in [1.807, 2.05) is 6.07 Å². The fraction of sp³-hybridized carbons (Fsp3) is 0.375. The standard InChI is InChI=1S/C16H19N3O/c1-10-7-8-13-15(11(10)2)19-14(18-13)9-17-16(20)12-5-3-4-6-12/h3-4,7-8,12H,5-6,9H2,1-2H3,(H,17,20)(H,18,19). The van der Waals surface area contributed by atoms with E-state index in [1.54, 1.807) is 0 Å². The van der Waals surface area contributed by atoms with Crippen molar-refractivity contribution in [2.45, 2.75) is 33.2 Å². The monoisotopic (exact) mass is 269 g/mol. The Morgan fingerprint density at radius 3 is 2.85 bits per heavy atom. The van der Waals surface area contributed by atoms with Crippen LogP contribution in [0.4, 0.5) is 0 Å². The number of nitrogens with one attached hydrogen (secondary N) is 2. The molecular weight excluding hydrogens is 250 g/mol. The van der Waals surface area contributed by atoms with Gasteiger partial charge in [0.05, 0.1) is 17.6 Å². The first-order valence-corrected chi connectivity index (χ1v) is 7.02. The molecule has 0 saturated heterocycles. The van der Waals surface area contributed by atoms with E-state index in [0.29, 0.717) is 6.54 Å². The van der Waals surface area contributed by atoms with Gasteiger partial charge in [0.25, 0.3) is 0 Å². The quantitative estimate of drug-likeness (QED) is 0.842. The van der Waals surface area contributed by atoms with Gasteiger partial charge in [0.2, 0.25) is 5.91 Å². The molecule has 20 heavy (non-hydrogen) atoms. The first kappa shape index (κ1) is 12.9. The highest BCUT2D eigenvalue weighted by Gasteiger charge is 2.19. The lowest BCUT2D eigenvalue weighted by Crippen LogP contribution is -2.29. The number of imidazole rings is 1. The van der Waals surface area contributed by atoms with Crippen LogP contribution in [-0.4, -0.2) is 15.9 Å². The van der Waals surface area contributed by atoms with E-state index >= 15 is 0 Å². The molecule has 0 atom stereocenters. The fourth-order valence-corrected chi connectivity index (χ4v) is 2.59. The minimum absolute atomic E-state index is 0.100. The Morgan fingerprint density at radius 1 is 1.35 bits per heavy atom. The van der Waals surface area contributed by atoms with Crippen LogP contribution >= 0.6 is 0 Å². The van der Waals surface area contributed by atoms with Gasteiger partial charge in [0, 0.05) is 5.92 Å². The summed E-state index contributed by atoms with van der Waals surface area (Å²) in [6.45, 7) is 4.62. The van der Waals surface area contributed by atoms with E-state index in [1.165, 1.54) is 11.1 Å². The molecule has 1 aromatic heterocycles. The number of hydrogen-bond acceptors (Lipinski definition) is 2. The zero-order valence-electron chi connectivity index (χ0n) is 11.9.